The molecule has 0 unspecified atom stereocenters. The summed E-state index contributed by atoms with van der Waals surface area (Å²) in [6, 6.07) is 10.8. The number of hydroxylamine groups is 1. The fraction of sp³-hybridized carbons (Fsp3) is 0.353. The Bertz CT molecular complexity index is 710. The molecule has 1 aromatic carbocycles. The van der Waals surface area contributed by atoms with E-state index in [1.807, 2.05) is 30.3 Å². The SMILES string of the molecule is O=C(CNC(=O)c1cc(-c2ccccc2)on1)NO[C@@H]1CCCCO1. The Morgan fingerprint density at radius 1 is 1.24 bits per heavy atom. The fourth-order valence-corrected chi connectivity index (χ4v) is 2.34. The van der Waals surface area contributed by atoms with Gasteiger partial charge in [-0.15, -0.1) is 0 Å². The number of carbonyl (C=O) groups excluding carboxylic acids is 2. The molecule has 2 N–H and O–H groups in total. The van der Waals surface area contributed by atoms with Gasteiger partial charge in [-0.2, -0.15) is 0 Å². The smallest absolute Gasteiger partial charge is 0.273 e. The molecule has 2 amide bonds. The highest BCUT2D eigenvalue weighted by molar-refractivity contribution is 5.95. The van der Waals surface area contributed by atoms with E-state index in [0.29, 0.717) is 12.4 Å². The molecule has 1 atom stereocenters. The molecule has 2 aromatic rings. The number of carbonyl (C=O) groups is 2. The highest BCUT2D eigenvalue weighted by Gasteiger charge is 2.17. The lowest BCUT2D eigenvalue weighted by Crippen LogP contribution is -2.40. The highest BCUT2D eigenvalue weighted by atomic mass is 16.8. The number of hydrogen-bond donors (Lipinski definition) is 2. The molecule has 132 valence electrons. The van der Waals surface area contributed by atoms with E-state index >= 15 is 0 Å². The molecule has 0 saturated carbocycles. The van der Waals surface area contributed by atoms with E-state index in [-0.39, 0.29) is 12.2 Å². The van der Waals surface area contributed by atoms with Crippen LogP contribution in [0.15, 0.2) is 40.9 Å². The third-order valence-corrected chi connectivity index (χ3v) is 3.65. The summed E-state index contributed by atoms with van der Waals surface area (Å²) in [4.78, 5) is 28.9. The van der Waals surface area contributed by atoms with Crippen molar-refractivity contribution in [3.8, 4) is 11.3 Å². The largest absolute Gasteiger partial charge is 0.355 e. The van der Waals surface area contributed by atoms with Gasteiger partial charge in [0.05, 0.1) is 6.54 Å². The summed E-state index contributed by atoms with van der Waals surface area (Å²) in [5.41, 5.74) is 3.18. The average Bonchev–Trinajstić information content (AvgIpc) is 3.16. The number of hydrogen-bond acceptors (Lipinski definition) is 6. The van der Waals surface area contributed by atoms with E-state index in [9.17, 15) is 9.59 Å². The normalized spacial score (nSPS) is 17.0. The van der Waals surface area contributed by atoms with Crippen LogP contribution in [0.5, 0.6) is 0 Å². The van der Waals surface area contributed by atoms with Crippen molar-refractivity contribution >= 4 is 11.8 Å². The minimum Gasteiger partial charge on any atom is -0.355 e. The van der Waals surface area contributed by atoms with E-state index in [4.69, 9.17) is 14.1 Å². The Balaban J connectivity index is 1.44. The van der Waals surface area contributed by atoms with Gasteiger partial charge in [0.1, 0.15) is 0 Å². The summed E-state index contributed by atoms with van der Waals surface area (Å²) in [5, 5.41) is 6.18. The molecule has 0 bridgehead atoms. The van der Waals surface area contributed by atoms with Crippen LogP contribution < -0.4 is 10.8 Å². The van der Waals surface area contributed by atoms with Gasteiger partial charge in [0.2, 0.25) is 0 Å². The van der Waals surface area contributed by atoms with Crippen molar-refractivity contribution in [3.63, 3.8) is 0 Å². The summed E-state index contributed by atoms with van der Waals surface area (Å²) < 4.78 is 10.5. The molecule has 0 radical (unpaired) electrons. The van der Waals surface area contributed by atoms with Crippen LogP contribution in [0.2, 0.25) is 0 Å². The van der Waals surface area contributed by atoms with E-state index in [2.05, 4.69) is 16.0 Å². The Morgan fingerprint density at radius 3 is 2.84 bits per heavy atom. The van der Waals surface area contributed by atoms with Crippen LogP contribution in [-0.4, -0.2) is 36.4 Å². The van der Waals surface area contributed by atoms with Crippen molar-refractivity contribution in [2.75, 3.05) is 13.2 Å². The number of rotatable bonds is 6. The zero-order chi connectivity index (χ0) is 17.5. The van der Waals surface area contributed by atoms with Gasteiger partial charge in [0, 0.05) is 24.7 Å². The third-order valence-electron chi connectivity index (χ3n) is 3.65. The Kier molecular flexibility index (Phi) is 5.76. The molecular formula is C17H19N3O5. The molecule has 2 heterocycles. The zero-order valence-electron chi connectivity index (χ0n) is 13.6. The molecular weight excluding hydrogens is 326 g/mol. The molecule has 8 heteroatoms. The third kappa shape index (κ3) is 4.88. The van der Waals surface area contributed by atoms with Gasteiger partial charge >= 0.3 is 0 Å². The Morgan fingerprint density at radius 2 is 2.08 bits per heavy atom. The molecule has 0 spiro atoms. The van der Waals surface area contributed by atoms with E-state index in [1.165, 1.54) is 6.07 Å². The van der Waals surface area contributed by atoms with Gasteiger partial charge in [-0.3, -0.25) is 9.59 Å². The lowest BCUT2D eigenvalue weighted by molar-refractivity contribution is -0.200. The van der Waals surface area contributed by atoms with Crippen LogP contribution in [0.25, 0.3) is 11.3 Å². The van der Waals surface area contributed by atoms with Gasteiger partial charge in [-0.05, 0) is 12.8 Å². The summed E-state index contributed by atoms with van der Waals surface area (Å²) in [6.45, 7) is 0.381. The first-order chi connectivity index (χ1) is 12.2. The molecule has 1 aliphatic heterocycles. The van der Waals surface area contributed by atoms with E-state index < -0.39 is 18.1 Å². The minimum absolute atomic E-state index is 0.100. The molecule has 1 saturated heterocycles. The lowest BCUT2D eigenvalue weighted by Gasteiger charge is -2.22. The maximum Gasteiger partial charge on any atom is 0.273 e. The number of benzene rings is 1. The second kappa shape index (κ2) is 8.41. The molecule has 8 nitrogen and oxygen atoms in total. The van der Waals surface area contributed by atoms with E-state index in [0.717, 1.165) is 24.8 Å². The molecule has 1 aliphatic rings. The monoisotopic (exact) mass is 345 g/mol. The van der Waals surface area contributed by atoms with Crippen LogP contribution in [0.4, 0.5) is 0 Å². The maximum atomic E-state index is 12.0. The van der Waals surface area contributed by atoms with Crippen molar-refractivity contribution in [1.82, 2.24) is 16.0 Å². The van der Waals surface area contributed by atoms with Crippen LogP contribution in [0.3, 0.4) is 0 Å². The maximum absolute atomic E-state index is 12.0. The number of nitrogens with zero attached hydrogens (tertiary/aromatic N) is 1. The second-order valence-electron chi connectivity index (χ2n) is 5.56. The summed E-state index contributed by atoms with van der Waals surface area (Å²) in [6.07, 6.45) is 2.28. The first kappa shape index (κ1) is 17.1. The standard InChI is InChI=1S/C17H19N3O5/c21-15(20-25-16-8-4-5-9-23-16)11-18-17(22)13-10-14(24-19-13)12-6-2-1-3-7-12/h1-3,6-7,10,16H,4-5,8-9,11H2,(H,18,22)(H,20,21)/t16-/m1/s1. The second-order valence-corrected chi connectivity index (χ2v) is 5.56. The van der Waals surface area contributed by atoms with Crippen LogP contribution >= 0.6 is 0 Å². The summed E-state index contributed by atoms with van der Waals surface area (Å²) in [5.74, 6) is -0.503. The van der Waals surface area contributed by atoms with Crippen LogP contribution in [0.1, 0.15) is 29.8 Å². The minimum atomic E-state index is -0.505. The fourth-order valence-electron chi connectivity index (χ4n) is 2.34. The van der Waals surface area contributed by atoms with E-state index in [1.54, 1.807) is 0 Å². The Hall–Kier alpha value is -2.71. The Labute approximate surface area is 144 Å². The van der Waals surface area contributed by atoms with Crippen LogP contribution in [-0.2, 0) is 14.4 Å². The molecule has 25 heavy (non-hydrogen) atoms. The topological polar surface area (TPSA) is 103 Å². The molecule has 1 aromatic heterocycles. The zero-order valence-corrected chi connectivity index (χ0v) is 13.6. The van der Waals surface area contributed by atoms with Crippen molar-refractivity contribution in [2.24, 2.45) is 0 Å². The predicted molar refractivity (Wildman–Crippen MR) is 87.1 cm³/mol. The molecule has 1 fully saturated rings. The predicted octanol–water partition coefficient (Wildman–Crippen LogP) is 1.65. The number of ether oxygens (including phenoxy) is 1. The van der Waals surface area contributed by atoms with Crippen molar-refractivity contribution in [1.29, 1.82) is 0 Å². The van der Waals surface area contributed by atoms with Crippen molar-refractivity contribution in [3.05, 3.63) is 42.1 Å². The summed E-state index contributed by atoms with van der Waals surface area (Å²) in [7, 11) is 0. The molecule has 0 aliphatic carbocycles. The van der Waals surface area contributed by atoms with Gasteiger partial charge in [0.15, 0.2) is 17.7 Å². The van der Waals surface area contributed by atoms with Gasteiger partial charge in [-0.1, -0.05) is 35.5 Å². The average molecular weight is 345 g/mol. The van der Waals surface area contributed by atoms with Crippen molar-refractivity contribution < 1.29 is 23.7 Å². The first-order valence-corrected chi connectivity index (χ1v) is 8.09. The van der Waals surface area contributed by atoms with Crippen LogP contribution in [0, 0.1) is 0 Å². The van der Waals surface area contributed by atoms with Crippen molar-refractivity contribution in [2.45, 2.75) is 25.6 Å². The quantitative estimate of drug-likeness (QED) is 0.772. The number of aromatic nitrogens is 1. The highest BCUT2D eigenvalue weighted by Crippen LogP contribution is 2.19. The van der Waals surface area contributed by atoms with Gasteiger partial charge in [0.25, 0.3) is 11.8 Å². The summed E-state index contributed by atoms with van der Waals surface area (Å²) >= 11 is 0. The first-order valence-electron chi connectivity index (χ1n) is 8.09. The number of nitrogens with one attached hydrogen (secondary N) is 2. The van der Waals surface area contributed by atoms with Gasteiger partial charge < -0.3 is 14.6 Å². The lowest BCUT2D eigenvalue weighted by atomic mass is 10.1. The number of amides is 2. The van der Waals surface area contributed by atoms with Gasteiger partial charge in [-0.25, -0.2) is 10.3 Å². The molecule has 3 rings (SSSR count).